The van der Waals surface area contributed by atoms with E-state index in [-0.39, 0.29) is 11.5 Å². The normalized spacial score (nSPS) is 11.8. The van der Waals surface area contributed by atoms with E-state index in [1.54, 1.807) is 17.5 Å². The minimum absolute atomic E-state index is 0.195. The predicted octanol–water partition coefficient (Wildman–Crippen LogP) is 4.58. The lowest BCUT2D eigenvalue weighted by atomic mass is 10.2. The first kappa shape index (κ1) is 14.3. The second-order valence-corrected chi connectivity index (χ2v) is 4.85. The van der Waals surface area contributed by atoms with Crippen LogP contribution in [0.5, 0.6) is 0 Å². The van der Waals surface area contributed by atoms with E-state index < -0.39 is 11.7 Å². The average Bonchev–Trinajstić information content (AvgIpc) is 2.92. The molecule has 2 aromatic rings. The minimum atomic E-state index is -4.38. The van der Waals surface area contributed by atoms with Gasteiger partial charge in [-0.15, -0.1) is 11.3 Å². The molecule has 1 N–H and O–H groups in total. The van der Waals surface area contributed by atoms with Crippen molar-refractivity contribution in [2.45, 2.75) is 6.18 Å². The highest BCUT2D eigenvalue weighted by atomic mass is 32.1. The van der Waals surface area contributed by atoms with Crippen molar-refractivity contribution >= 4 is 22.8 Å². The standard InChI is InChI=1S/C14H10F3NOS/c15-14(16,17)10-3-1-4-11(9-10)18-7-6-12(19)13-5-2-8-20-13/h1-9,18H. The van der Waals surface area contributed by atoms with E-state index in [1.807, 2.05) is 0 Å². The third-order valence-electron chi connectivity index (χ3n) is 2.44. The van der Waals surface area contributed by atoms with Crippen LogP contribution >= 0.6 is 11.3 Å². The van der Waals surface area contributed by atoms with Crippen LogP contribution in [-0.4, -0.2) is 5.78 Å². The summed E-state index contributed by atoms with van der Waals surface area (Å²) in [7, 11) is 0. The van der Waals surface area contributed by atoms with Gasteiger partial charge in [0.15, 0.2) is 5.78 Å². The summed E-state index contributed by atoms with van der Waals surface area (Å²) < 4.78 is 37.5. The Morgan fingerprint density at radius 1 is 1.20 bits per heavy atom. The number of allylic oxidation sites excluding steroid dienone is 1. The molecule has 0 spiro atoms. The molecule has 0 aliphatic rings. The van der Waals surface area contributed by atoms with Gasteiger partial charge < -0.3 is 5.32 Å². The van der Waals surface area contributed by atoms with Crippen molar-refractivity contribution in [2.75, 3.05) is 5.32 Å². The summed E-state index contributed by atoms with van der Waals surface area (Å²) in [6.07, 6.45) is -1.77. The monoisotopic (exact) mass is 297 g/mol. The highest BCUT2D eigenvalue weighted by Crippen LogP contribution is 2.30. The van der Waals surface area contributed by atoms with Gasteiger partial charge in [-0.2, -0.15) is 13.2 Å². The fraction of sp³-hybridized carbons (Fsp3) is 0.0714. The maximum absolute atomic E-state index is 12.5. The first-order valence-electron chi connectivity index (χ1n) is 5.65. The number of thiophene rings is 1. The molecular formula is C14H10F3NOS. The largest absolute Gasteiger partial charge is 0.416 e. The Morgan fingerprint density at radius 2 is 2.00 bits per heavy atom. The predicted molar refractivity (Wildman–Crippen MR) is 72.9 cm³/mol. The molecule has 0 fully saturated rings. The zero-order chi connectivity index (χ0) is 14.6. The number of carbonyl (C=O) groups is 1. The Morgan fingerprint density at radius 3 is 2.65 bits per heavy atom. The molecule has 0 saturated heterocycles. The van der Waals surface area contributed by atoms with Crippen LogP contribution in [0.15, 0.2) is 54.1 Å². The van der Waals surface area contributed by atoms with Gasteiger partial charge in [-0.05, 0) is 29.6 Å². The smallest absolute Gasteiger partial charge is 0.362 e. The number of ketones is 1. The second kappa shape index (κ2) is 5.92. The summed E-state index contributed by atoms with van der Waals surface area (Å²) in [4.78, 5) is 12.2. The molecule has 2 rings (SSSR count). The number of nitrogens with one attached hydrogen (secondary N) is 1. The zero-order valence-corrected chi connectivity index (χ0v) is 11.0. The summed E-state index contributed by atoms with van der Waals surface area (Å²) in [5.41, 5.74) is -0.462. The Balaban J connectivity index is 2.02. The molecule has 1 heterocycles. The fourth-order valence-electron chi connectivity index (χ4n) is 1.50. The number of anilines is 1. The number of carbonyl (C=O) groups excluding carboxylic acids is 1. The van der Waals surface area contributed by atoms with E-state index in [1.165, 1.54) is 35.7 Å². The van der Waals surface area contributed by atoms with Gasteiger partial charge in [-0.3, -0.25) is 4.79 Å². The van der Waals surface area contributed by atoms with Gasteiger partial charge in [0.2, 0.25) is 0 Å². The van der Waals surface area contributed by atoms with Crippen LogP contribution in [0.2, 0.25) is 0 Å². The lowest BCUT2D eigenvalue weighted by Crippen LogP contribution is -2.05. The molecule has 0 amide bonds. The number of halogens is 3. The molecule has 2 nitrogen and oxygen atoms in total. The molecule has 6 heteroatoms. The van der Waals surface area contributed by atoms with Gasteiger partial charge in [-0.1, -0.05) is 12.1 Å². The van der Waals surface area contributed by atoms with E-state index in [0.717, 1.165) is 12.1 Å². The van der Waals surface area contributed by atoms with E-state index >= 15 is 0 Å². The highest BCUT2D eigenvalue weighted by molar-refractivity contribution is 7.12. The summed E-state index contributed by atoms with van der Waals surface area (Å²) in [5.74, 6) is -0.195. The lowest BCUT2D eigenvalue weighted by molar-refractivity contribution is -0.137. The molecule has 0 unspecified atom stereocenters. The van der Waals surface area contributed by atoms with Crippen LogP contribution in [-0.2, 0) is 6.18 Å². The van der Waals surface area contributed by atoms with Crippen molar-refractivity contribution in [1.29, 1.82) is 0 Å². The van der Waals surface area contributed by atoms with Crippen molar-refractivity contribution in [3.63, 3.8) is 0 Å². The van der Waals surface area contributed by atoms with E-state index in [4.69, 9.17) is 0 Å². The quantitative estimate of drug-likeness (QED) is 0.661. The maximum Gasteiger partial charge on any atom is 0.416 e. The van der Waals surface area contributed by atoms with Gasteiger partial charge >= 0.3 is 6.18 Å². The molecule has 104 valence electrons. The third kappa shape index (κ3) is 3.71. The lowest BCUT2D eigenvalue weighted by Gasteiger charge is -2.08. The van der Waals surface area contributed by atoms with Crippen LogP contribution in [0.4, 0.5) is 18.9 Å². The molecule has 0 atom stereocenters. The zero-order valence-electron chi connectivity index (χ0n) is 10.1. The number of rotatable bonds is 4. The fourth-order valence-corrected chi connectivity index (χ4v) is 2.14. The Hall–Kier alpha value is -2.08. The molecule has 1 aromatic carbocycles. The van der Waals surface area contributed by atoms with E-state index in [2.05, 4.69) is 5.32 Å². The van der Waals surface area contributed by atoms with Crippen LogP contribution in [0, 0.1) is 0 Å². The number of hydrogen-bond donors (Lipinski definition) is 1. The molecule has 1 aromatic heterocycles. The van der Waals surface area contributed by atoms with Crippen molar-refractivity contribution in [2.24, 2.45) is 0 Å². The first-order valence-corrected chi connectivity index (χ1v) is 6.53. The van der Waals surface area contributed by atoms with Crippen molar-refractivity contribution in [1.82, 2.24) is 0 Å². The van der Waals surface area contributed by atoms with E-state index in [0.29, 0.717) is 4.88 Å². The number of hydrogen-bond acceptors (Lipinski definition) is 3. The summed E-state index contributed by atoms with van der Waals surface area (Å²) in [5, 5.41) is 4.43. The first-order chi connectivity index (χ1) is 9.47. The SMILES string of the molecule is O=C(C=CNc1cccc(C(F)(F)F)c1)c1cccs1. The summed E-state index contributed by atoms with van der Waals surface area (Å²) in [6, 6.07) is 8.22. The molecule has 0 saturated carbocycles. The second-order valence-electron chi connectivity index (χ2n) is 3.90. The van der Waals surface area contributed by atoms with Crippen molar-refractivity contribution < 1.29 is 18.0 Å². The minimum Gasteiger partial charge on any atom is -0.362 e. The number of alkyl halides is 3. The summed E-state index contributed by atoms with van der Waals surface area (Å²) in [6.45, 7) is 0. The molecule has 0 aliphatic carbocycles. The molecule has 0 aliphatic heterocycles. The number of benzene rings is 1. The van der Waals surface area contributed by atoms with E-state index in [9.17, 15) is 18.0 Å². The highest BCUT2D eigenvalue weighted by Gasteiger charge is 2.30. The molecular weight excluding hydrogens is 287 g/mol. The molecule has 0 radical (unpaired) electrons. The Bertz CT molecular complexity index is 618. The third-order valence-corrected chi connectivity index (χ3v) is 3.32. The van der Waals surface area contributed by atoms with Gasteiger partial charge in [0, 0.05) is 18.0 Å². The van der Waals surface area contributed by atoms with Crippen molar-refractivity contribution in [3.05, 3.63) is 64.5 Å². The van der Waals surface area contributed by atoms with Crippen LogP contribution in [0.3, 0.4) is 0 Å². The molecule has 20 heavy (non-hydrogen) atoms. The van der Waals surface area contributed by atoms with Gasteiger partial charge in [-0.25, -0.2) is 0 Å². The topological polar surface area (TPSA) is 29.1 Å². The van der Waals surface area contributed by atoms with Crippen LogP contribution in [0.1, 0.15) is 15.2 Å². The molecule has 0 bridgehead atoms. The van der Waals surface area contributed by atoms with Crippen LogP contribution < -0.4 is 5.32 Å². The average molecular weight is 297 g/mol. The maximum atomic E-state index is 12.5. The van der Waals surface area contributed by atoms with Gasteiger partial charge in [0.1, 0.15) is 0 Å². The van der Waals surface area contributed by atoms with Gasteiger partial charge in [0.25, 0.3) is 0 Å². The van der Waals surface area contributed by atoms with Gasteiger partial charge in [0.05, 0.1) is 10.4 Å². The van der Waals surface area contributed by atoms with Crippen molar-refractivity contribution in [3.8, 4) is 0 Å². The Kier molecular flexibility index (Phi) is 4.24. The Labute approximate surface area is 117 Å². The summed E-state index contributed by atoms with van der Waals surface area (Å²) >= 11 is 1.31. The van der Waals surface area contributed by atoms with Crippen LogP contribution in [0.25, 0.3) is 0 Å².